The van der Waals surface area contributed by atoms with Crippen LogP contribution in [0.4, 0.5) is 4.39 Å². The smallest absolute Gasteiger partial charge is 0.252 e. The highest BCUT2D eigenvalue weighted by Crippen LogP contribution is 2.16. The molecule has 0 unspecified atom stereocenters. The molecular weight excluding hydrogens is 235 g/mol. The van der Waals surface area contributed by atoms with E-state index in [0.29, 0.717) is 17.4 Å². The summed E-state index contributed by atoms with van der Waals surface area (Å²) < 4.78 is 13.2. The van der Waals surface area contributed by atoms with Crippen molar-refractivity contribution in [3.8, 4) is 0 Å². The Morgan fingerprint density at radius 1 is 1.39 bits per heavy atom. The van der Waals surface area contributed by atoms with Gasteiger partial charge in [-0.2, -0.15) is 0 Å². The fraction of sp³-hybridized carbons (Fsp3) is 0.231. The fourth-order valence-corrected chi connectivity index (χ4v) is 1.75. The Bertz CT molecular complexity index is 649. The van der Waals surface area contributed by atoms with Crippen molar-refractivity contribution in [2.75, 3.05) is 6.54 Å². The second-order valence-corrected chi connectivity index (χ2v) is 3.99. The summed E-state index contributed by atoms with van der Waals surface area (Å²) in [5.74, 6) is -0.808. The molecule has 0 saturated heterocycles. The number of aromatic nitrogens is 1. The molecular formula is C13H13FN2O2. The highest BCUT2D eigenvalue weighted by molar-refractivity contribution is 6.05. The van der Waals surface area contributed by atoms with E-state index in [2.05, 4.69) is 10.3 Å². The van der Waals surface area contributed by atoms with Gasteiger partial charge >= 0.3 is 0 Å². The lowest BCUT2D eigenvalue weighted by molar-refractivity contribution is 0.0955. The highest BCUT2D eigenvalue weighted by Gasteiger charge is 2.11. The Balaban J connectivity index is 2.57. The topological polar surface area (TPSA) is 62.0 Å². The van der Waals surface area contributed by atoms with Crippen LogP contribution in [0.1, 0.15) is 23.7 Å². The number of carbonyl (C=O) groups excluding carboxylic acids is 1. The number of nitrogens with one attached hydrogen (secondary N) is 2. The molecule has 0 aliphatic rings. The van der Waals surface area contributed by atoms with Crippen molar-refractivity contribution in [3.05, 3.63) is 46.0 Å². The predicted octanol–water partition coefficient (Wildman–Crippen LogP) is 1.81. The lowest BCUT2D eigenvalue weighted by atomic mass is 10.1. The molecule has 0 fully saturated rings. The van der Waals surface area contributed by atoms with Gasteiger partial charge in [0.15, 0.2) is 0 Å². The molecule has 94 valence electrons. The quantitative estimate of drug-likeness (QED) is 0.870. The van der Waals surface area contributed by atoms with Crippen LogP contribution in [0.25, 0.3) is 10.9 Å². The van der Waals surface area contributed by atoms with Crippen LogP contribution in [0, 0.1) is 5.82 Å². The van der Waals surface area contributed by atoms with E-state index in [0.717, 1.165) is 6.42 Å². The summed E-state index contributed by atoms with van der Waals surface area (Å²) in [5, 5.41) is 3.08. The first-order valence-electron chi connectivity index (χ1n) is 5.72. The van der Waals surface area contributed by atoms with Crippen molar-refractivity contribution >= 4 is 16.8 Å². The molecule has 0 aliphatic carbocycles. The van der Waals surface area contributed by atoms with E-state index in [9.17, 15) is 14.0 Å². The lowest BCUT2D eigenvalue weighted by Crippen LogP contribution is -2.25. The van der Waals surface area contributed by atoms with Gasteiger partial charge in [-0.3, -0.25) is 9.59 Å². The average molecular weight is 248 g/mol. The molecule has 1 amide bonds. The van der Waals surface area contributed by atoms with E-state index in [1.54, 1.807) is 0 Å². The minimum absolute atomic E-state index is 0.196. The number of H-pyrrole nitrogens is 1. The lowest BCUT2D eigenvalue weighted by Gasteiger charge is -2.06. The van der Waals surface area contributed by atoms with Gasteiger partial charge in [0.25, 0.3) is 5.91 Å². The third-order valence-corrected chi connectivity index (χ3v) is 2.59. The zero-order valence-electron chi connectivity index (χ0n) is 9.92. The Kier molecular flexibility index (Phi) is 3.41. The average Bonchev–Trinajstić information content (AvgIpc) is 2.35. The van der Waals surface area contributed by atoms with Gasteiger partial charge in [-0.15, -0.1) is 0 Å². The largest absolute Gasteiger partial charge is 0.352 e. The van der Waals surface area contributed by atoms with Crippen LogP contribution in [0.3, 0.4) is 0 Å². The monoisotopic (exact) mass is 248 g/mol. The van der Waals surface area contributed by atoms with Crippen LogP contribution < -0.4 is 10.9 Å². The van der Waals surface area contributed by atoms with Crippen molar-refractivity contribution in [2.24, 2.45) is 0 Å². The Morgan fingerprint density at radius 2 is 2.17 bits per heavy atom. The van der Waals surface area contributed by atoms with Gasteiger partial charge in [0.2, 0.25) is 5.56 Å². The van der Waals surface area contributed by atoms with Gasteiger partial charge in [-0.05, 0) is 24.6 Å². The van der Waals surface area contributed by atoms with Gasteiger partial charge in [0, 0.05) is 23.5 Å². The molecule has 0 aliphatic heterocycles. The van der Waals surface area contributed by atoms with E-state index >= 15 is 0 Å². The van der Waals surface area contributed by atoms with Crippen LogP contribution in [0.2, 0.25) is 0 Å². The van der Waals surface area contributed by atoms with Gasteiger partial charge in [0.1, 0.15) is 5.82 Å². The molecule has 1 aromatic carbocycles. The molecule has 0 spiro atoms. The van der Waals surface area contributed by atoms with Crippen LogP contribution >= 0.6 is 0 Å². The summed E-state index contributed by atoms with van der Waals surface area (Å²) >= 11 is 0. The van der Waals surface area contributed by atoms with Crippen LogP contribution in [-0.4, -0.2) is 17.4 Å². The number of halogens is 1. The zero-order valence-corrected chi connectivity index (χ0v) is 9.92. The highest BCUT2D eigenvalue weighted by atomic mass is 19.1. The number of aromatic amines is 1. The Morgan fingerprint density at radius 3 is 2.89 bits per heavy atom. The molecule has 18 heavy (non-hydrogen) atoms. The van der Waals surface area contributed by atoms with Crippen LogP contribution in [0.15, 0.2) is 29.1 Å². The zero-order chi connectivity index (χ0) is 13.1. The molecule has 2 rings (SSSR count). The van der Waals surface area contributed by atoms with Gasteiger partial charge in [0.05, 0.1) is 5.56 Å². The second-order valence-electron chi connectivity index (χ2n) is 3.99. The molecule has 1 heterocycles. The number of carbonyl (C=O) groups is 1. The molecule has 0 saturated carbocycles. The summed E-state index contributed by atoms with van der Waals surface area (Å²) in [4.78, 5) is 25.9. The maximum absolute atomic E-state index is 13.2. The summed E-state index contributed by atoms with van der Waals surface area (Å²) in [7, 11) is 0. The van der Waals surface area contributed by atoms with Crippen molar-refractivity contribution in [3.63, 3.8) is 0 Å². The normalized spacial score (nSPS) is 10.6. The van der Waals surface area contributed by atoms with E-state index in [-0.39, 0.29) is 17.0 Å². The molecule has 2 aromatic rings. The molecule has 5 heteroatoms. The number of hydrogen-bond donors (Lipinski definition) is 2. The molecule has 0 radical (unpaired) electrons. The van der Waals surface area contributed by atoms with Gasteiger partial charge in [-0.25, -0.2) is 4.39 Å². The number of rotatable bonds is 3. The van der Waals surface area contributed by atoms with Crippen molar-refractivity contribution in [2.45, 2.75) is 13.3 Å². The standard InChI is InChI=1S/C13H13FN2O2/c1-2-5-15-13(18)10-7-12(17)16-11-4-3-8(14)6-9(10)11/h3-4,6-7H,2,5H2,1H3,(H,15,18)(H,16,17). The van der Waals surface area contributed by atoms with Crippen molar-refractivity contribution in [1.29, 1.82) is 0 Å². The first-order chi connectivity index (χ1) is 8.61. The number of benzene rings is 1. The fourth-order valence-electron chi connectivity index (χ4n) is 1.75. The maximum atomic E-state index is 13.2. The number of pyridine rings is 1. The third-order valence-electron chi connectivity index (χ3n) is 2.59. The molecule has 4 nitrogen and oxygen atoms in total. The van der Waals surface area contributed by atoms with E-state index in [4.69, 9.17) is 0 Å². The first kappa shape index (κ1) is 12.3. The third kappa shape index (κ3) is 2.40. The number of fused-ring (bicyclic) bond motifs is 1. The van der Waals surface area contributed by atoms with Gasteiger partial charge < -0.3 is 10.3 Å². The predicted molar refractivity (Wildman–Crippen MR) is 67.2 cm³/mol. The summed E-state index contributed by atoms with van der Waals surface area (Å²) in [6.45, 7) is 2.44. The second kappa shape index (κ2) is 5.00. The van der Waals surface area contributed by atoms with Crippen molar-refractivity contribution < 1.29 is 9.18 Å². The maximum Gasteiger partial charge on any atom is 0.252 e. The number of amides is 1. The minimum atomic E-state index is -0.445. The van der Waals surface area contributed by atoms with E-state index in [1.807, 2.05) is 6.92 Å². The number of hydrogen-bond acceptors (Lipinski definition) is 2. The summed E-state index contributed by atoms with van der Waals surface area (Å²) in [6, 6.07) is 5.12. The Hall–Kier alpha value is -2.17. The van der Waals surface area contributed by atoms with Crippen LogP contribution in [0.5, 0.6) is 0 Å². The summed E-state index contributed by atoms with van der Waals surface area (Å²) in [6.07, 6.45) is 0.793. The van der Waals surface area contributed by atoms with E-state index in [1.165, 1.54) is 24.3 Å². The van der Waals surface area contributed by atoms with Crippen LogP contribution in [-0.2, 0) is 0 Å². The SMILES string of the molecule is CCCNC(=O)c1cc(=O)[nH]c2ccc(F)cc12. The minimum Gasteiger partial charge on any atom is -0.352 e. The first-order valence-corrected chi connectivity index (χ1v) is 5.72. The summed E-state index contributed by atoms with van der Waals surface area (Å²) in [5.41, 5.74) is 0.267. The molecule has 0 bridgehead atoms. The van der Waals surface area contributed by atoms with E-state index < -0.39 is 5.82 Å². The van der Waals surface area contributed by atoms with Gasteiger partial charge in [-0.1, -0.05) is 6.92 Å². The molecule has 0 atom stereocenters. The van der Waals surface area contributed by atoms with Crippen molar-refractivity contribution in [1.82, 2.24) is 10.3 Å². The molecule has 2 N–H and O–H groups in total. The Labute approximate surface area is 103 Å². The molecule has 1 aromatic heterocycles.